The van der Waals surface area contributed by atoms with Crippen LogP contribution in [0, 0.1) is 5.92 Å². The Labute approximate surface area is 116 Å². The molecule has 2 aliphatic heterocycles. The summed E-state index contributed by atoms with van der Waals surface area (Å²) >= 11 is 0. The van der Waals surface area contributed by atoms with Crippen LogP contribution < -0.4 is 15.1 Å². The molecule has 104 valence electrons. The molecule has 0 saturated carbocycles. The highest BCUT2D eigenvalue weighted by atomic mass is 15.2. The Bertz CT molecular complexity index is 438. The van der Waals surface area contributed by atoms with Crippen LogP contribution in [0.2, 0.25) is 0 Å². The lowest BCUT2D eigenvalue weighted by Gasteiger charge is -2.35. The summed E-state index contributed by atoms with van der Waals surface area (Å²) in [7, 11) is 4.40. The maximum Gasteiger partial charge on any atom is 0.0604 e. The number of hydrogen-bond acceptors (Lipinski definition) is 3. The summed E-state index contributed by atoms with van der Waals surface area (Å²) in [5.74, 6) is 0.867. The Hall–Kier alpha value is -1.22. The van der Waals surface area contributed by atoms with Crippen molar-refractivity contribution in [2.24, 2.45) is 5.92 Å². The smallest absolute Gasteiger partial charge is 0.0604 e. The average molecular weight is 259 g/mol. The van der Waals surface area contributed by atoms with Crippen LogP contribution in [0.1, 0.15) is 18.4 Å². The fraction of sp³-hybridized carbons (Fsp3) is 0.625. The molecule has 0 unspecified atom stereocenters. The summed E-state index contributed by atoms with van der Waals surface area (Å²) in [6.07, 6.45) is 3.90. The molecule has 0 bridgehead atoms. The van der Waals surface area contributed by atoms with Crippen molar-refractivity contribution in [3.05, 3.63) is 23.8 Å². The highest BCUT2D eigenvalue weighted by Gasteiger charge is 2.19. The first-order valence-electron chi connectivity index (χ1n) is 7.50. The van der Waals surface area contributed by atoms with Crippen LogP contribution >= 0.6 is 0 Å². The molecule has 3 nitrogen and oxygen atoms in total. The van der Waals surface area contributed by atoms with Crippen molar-refractivity contribution >= 4 is 11.4 Å². The fourth-order valence-electron chi connectivity index (χ4n) is 3.28. The molecule has 19 heavy (non-hydrogen) atoms. The number of piperidine rings is 1. The Morgan fingerprint density at radius 3 is 2.47 bits per heavy atom. The zero-order valence-electron chi connectivity index (χ0n) is 12.2. The van der Waals surface area contributed by atoms with Crippen molar-refractivity contribution in [2.75, 3.05) is 50.1 Å². The average Bonchev–Trinajstić information content (AvgIpc) is 2.44. The van der Waals surface area contributed by atoms with E-state index in [0.717, 1.165) is 19.0 Å². The molecule has 2 heterocycles. The maximum atomic E-state index is 3.45. The van der Waals surface area contributed by atoms with Crippen LogP contribution in [0.3, 0.4) is 0 Å². The van der Waals surface area contributed by atoms with E-state index >= 15 is 0 Å². The molecule has 1 N–H and O–H groups in total. The van der Waals surface area contributed by atoms with Gasteiger partial charge in [-0.05, 0) is 56.0 Å². The topological polar surface area (TPSA) is 18.5 Å². The van der Waals surface area contributed by atoms with Gasteiger partial charge in [-0.15, -0.1) is 0 Å². The molecule has 0 amide bonds. The molecule has 0 spiro atoms. The van der Waals surface area contributed by atoms with Crippen LogP contribution in [0.25, 0.3) is 0 Å². The molecule has 1 aromatic carbocycles. The van der Waals surface area contributed by atoms with Gasteiger partial charge in [0.1, 0.15) is 0 Å². The molecular formula is C16H25N3. The summed E-state index contributed by atoms with van der Waals surface area (Å²) in [6.45, 7) is 4.63. The molecule has 3 heteroatoms. The van der Waals surface area contributed by atoms with Gasteiger partial charge >= 0.3 is 0 Å². The van der Waals surface area contributed by atoms with Gasteiger partial charge in [-0.25, -0.2) is 0 Å². The summed E-state index contributed by atoms with van der Waals surface area (Å²) in [4.78, 5) is 4.75. The Morgan fingerprint density at radius 2 is 1.74 bits per heavy atom. The molecule has 0 radical (unpaired) electrons. The van der Waals surface area contributed by atoms with Crippen LogP contribution in [0.15, 0.2) is 18.2 Å². The predicted molar refractivity (Wildman–Crippen MR) is 82.3 cm³/mol. The van der Waals surface area contributed by atoms with E-state index in [2.05, 4.69) is 47.4 Å². The van der Waals surface area contributed by atoms with Crippen molar-refractivity contribution < 1.29 is 0 Å². The van der Waals surface area contributed by atoms with Gasteiger partial charge in [0.2, 0.25) is 0 Å². The van der Waals surface area contributed by atoms with E-state index < -0.39 is 0 Å². The lowest BCUT2D eigenvalue weighted by Crippen LogP contribution is -2.36. The van der Waals surface area contributed by atoms with Crippen molar-refractivity contribution in [3.63, 3.8) is 0 Å². The largest absolute Gasteiger partial charge is 0.371 e. The Balaban J connectivity index is 1.78. The summed E-state index contributed by atoms with van der Waals surface area (Å²) in [6, 6.07) is 7.05. The third-order valence-electron chi connectivity index (χ3n) is 4.62. The van der Waals surface area contributed by atoms with E-state index in [0.29, 0.717) is 0 Å². The summed E-state index contributed by atoms with van der Waals surface area (Å²) < 4.78 is 0. The molecular weight excluding hydrogens is 234 g/mol. The van der Waals surface area contributed by atoms with Crippen LogP contribution in [0.4, 0.5) is 11.4 Å². The minimum Gasteiger partial charge on any atom is -0.371 e. The minimum atomic E-state index is 0.867. The first-order valence-corrected chi connectivity index (χ1v) is 7.50. The standard InChI is InChI=1S/C16H25N3/c1-18-9-10-19(2)16-12-14(3-4-15(16)18)11-13-5-7-17-8-6-13/h3-4,12-13,17H,5-11H2,1-2H3. The van der Waals surface area contributed by atoms with Gasteiger partial charge in [0.25, 0.3) is 0 Å². The van der Waals surface area contributed by atoms with Crippen molar-refractivity contribution in [3.8, 4) is 0 Å². The molecule has 1 aromatic rings. The molecule has 0 aromatic heterocycles. The normalized spacial score (nSPS) is 20.5. The van der Waals surface area contributed by atoms with Crippen LogP contribution in [0.5, 0.6) is 0 Å². The lowest BCUT2D eigenvalue weighted by atomic mass is 9.90. The SMILES string of the molecule is CN1CCN(C)c2cc(CC3CCNCC3)ccc21. The number of benzene rings is 1. The van der Waals surface area contributed by atoms with Crippen molar-refractivity contribution in [2.45, 2.75) is 19.3 Å². The third kappa shape index (κ3) is 2.71. The Kier molecular flexibility index (Phi) is 3.65. The fourth-order valence-corrected chi connectivity index (χ4v) is 3.28. The van der Waals surface area contributed by atoms with Crippen molar-refractivity contribution in [1.29, 1.82) is 0 Å². The highest BCUT2D eigenvalue weighted by Crippen LogP contribution is 2.33. The van der Waals surface area contributed by atoms with Crippen molar-refractivity contribution in [1.82, 2.24) is 5.32 Å². The van der Waals surface area contributed by atoms with E-state index in [9.17, 15) is 0 Å². The first-order chi connectivity index (χ1) is 9.24. The molecule has 1 fully saturated rings. The van der Waals surface area contributed by atoms with Crippen LogP contribution in [-0.2, 0) is 6.42 Å². The van der Waals surface area contributed by atoms with Gasteiger partial charge in [0.05, 0.1) is 11.4 Å². The summed E-state index contributed by atoms with van der Waals surface area (Å²) in [5, 5.41) is 3.45. The molecule has 0 aliphatic carbocycles. The zero-order chi connectivity index (χ0) is 13.2. The highest BCUT2D eigenvalue weighted by molar-refractivity contribution is 5.73. The minimum absolute atomic E-state index is 0.867. The number of nitrogens with one attached hydrogen (secondary N) is 1. The Morgan fingerprint density at radius 1 is 1.05 bits per heavy atom. The van der Waals surface area contributed by atoms with Gasteiger partial charge in [-0.1, -0.05) is 6.07 Å². The van der Waals surface area contributed by atoms with E-state index in [-0.39, 0.29) is 0 Å². The second-order valence-electron chi connectivity index (χ2n) is 6.06. The first kappa shape index (κ1) is 12.8. The molecule has 1 saturated heterocycles. The number of likely N-dealkylation sites (N-methyl/N-ethyl adjacent to an activating group) is 2. The quantitative estimate of drug-likeness (QED) is 0.877. The molecule has 3 rings (SSSR count). The van der Waals surface area contributed by atoms with E-state index in [1.807, 2.05) is 0 Å². The second-order valence-corrected chi connectivity index (χ2v) is 6.06. The molecule has 2 aliphatic rings. The maximum absolute atomic E-state index is 3.45. The predicted octanol–water partition coefficient (Wildman–Crippen LogP) is 2.11. The van der Waals surface area contributed by atoms with Gasteiger partial charge in [0, 0.05) is 27.2 Å². The zero-order valence-corrected chi connectivity index (χ0v) is 12.2. The van der Waals surface area contributed by atoms with Gasteiger partial charge < -0.3 is 15.1 Å². The van der Waals surface area contributed by atoms with Gasteiger partial charge in [-0.2, -0.15) is 0 Å². The number of fused-ring (bicyclic) bond motifs is 1. The van der Waals surface area contributed by atoms with Crippen LogP contribution in [-0.4, -0.2) is 40.3 Å². The van der Waals surface area contributed by atoms with Gasteiger partial charge in [-0.3, -0.25) is 0 Å². The van der Waals surface area contributed by atoms with E-state index in [1.54, 1.807) is 0 Å². The number of hydrogen-bond donors (Lipinski definition) is 1. The summed E-state index contributed by atoms with van der Waals surface area (Å²) in [5.41, 5.74) is 4.29. The number of nitrogens with zero attached hydrogens (tertiary/aromatic N) is 2. The lowest BCUT2D eigenvalue weighted by molar-refractivity contribution is 0.372. The van der Waals surface area contributed by atoms with E-state index in [4.69, 9.17) is 0 Å². The van der Waals surface area contributed by atoms with E-state index in [1.165, 1.54) is 49.3 Å². The number of rotatable bonds is 2. The monoisotopic (exact) mass is 259 g/mol. The third-order valence-corrected chi connectivity index (χ3v) is 4.62. The molecule has 0 atom stereocenters. The number of anilines is 2. The van der Waals surface area contributed by atoms with Gasteiger partial charge in [0.15, 0.2) is 0 Å². The second kappa shape index (κ2) is 5.41.